The minimum absolute atomic E-state index is 0.224. The Bertz CT molecular complexity index is 505. The largest absolute Gasteiger partial charge is 0.383 e. The molecule has 17 heavy (non-hydrogen) atoms. The summed E-state index contributed by atoms with van der Waals surface area (Å²) < 4.78 is 0. The first kappa shape index (κ1) is 11.4. The van der Waals surface area contributed by atoms with Gasteiger partial charge in [0, 0.05) is 11.8 Å². The van der Waals surface area contributed by atoms with Gasteiger partial charge < -0.3 is 11.5 Å². The molecule has 2 rings (SSSR count). The number of nitrogen functional groups attached to an aromatic ring is 2. The lowest BCUT2D eigenvalue weighted by Gasteiger charge is -2.05. The van der Waals surface area contributed by atoms with Crippen molar-refractivity contribution >= 4 is 11.8 Å². The molecule has 1 heterocycles. The number of hydrogen-bond acceptors (Lipinski definition) is 4. The second kappa shape index (κ2) is 4.82. The third kappa shape index (κ3) is 2.93. The molecule has 0 amide bonds. The summed E-state index contributed by atoms with van der Waals surface area (Å²) in [7, 11) is 0. The van der Waals surface area contributed by atoms with Crippen molar-refractivity contribution in [2.24, 2.45) is 0 Å². The summed E-state index contributed by atoms with van der Waals surface area (Å²) in [6.07, 6.45) is 3.46. The maximum Gasteiger partial charge on any atom is 0.221 e. The Morgan fingerprint density at radius 2 is 1.76 bits per heavy atom. The third-order valence-corrected chi connectivity index (χ3v) is 2.72. The Balaban J connectivity index is 2.04. The van der Waals surface area contributed by atoms with Crippen LogP contribution in [0.1, 0.15) is 16.7 Å². The predicted octanol–water partition coefficient (Wildman–Crippen LogP) is 1.73. The zero-order valence-electron chi connectivity index (χ0n) is 9.85. The van der Waals surface area contributed by atoms with Gasteiger partial charge >= 0.3 is 0 Å². The van der Waals surface area contributed by atoms with E-state index in [1.807, 2.05) is 0 Å². The number of benzene rings is 1. The number of aromatic nitrogens is 2. The summed E-state index contributed by atoms with van der Waals surface area (Å²) in [6.45, 7) is 2.08. The van der Waals surface area contributed by atoms with Gasteiger partial charge in [0.15, 0.2) is 0 Å². The van der Waals surface area contributed by atoms with E-state index in [2.05, 4.69) is 41.2 Å². The number of hydrogen-bond donors (Lipinski definition) is 2. The second-order valence-electron chi connectivity index (χ2n) is 4.12. The molecule has 0 aliphatic heterocycles. The molecule has 0 aliphatic carbocycles. The van der Waals surface area contributed by atoms with E-state index in [1.54, 1.807) is 6.20 Å². The molecule has 2 aromatic rings. The highest BCUT2D eigenvalue weighted by Gasteiger charge is 2.02. The molecule has 4 N–H and O–H groups in total. The summed E-state index contributed by atoms with van der Waals surface area (Å²) in [5.74, 6) is 0.700. The van der Waals surface area contributed by atoms with Crippen LogP contribution in [0.3, 0.4) is 0 Å². The molecule has 0 spiro atoms. The molecule has 0 aliphatic rings. The Morgan fingerprint density at radius 3 is 2.41 bits per heavy atom. The lowest BCUT2D eigenvalue weighted by Crippen LogP contribution is -2.04. The Hall–Kier alpha value is -2.10. The third-order valence-electron chi connectivity index (χ3n) is 2.72. The standard InChI is InChI=1S/C13H16N4/c1-9-2-4-10(5-3-9)6-7-11-8-16-13(15)17-12(11)14/h2-5,8H,6-7H2,1H3,(H4,14,15,16,17). The molecule has 0 fully saturated rings. The molecule has 1 aromatic carbocycles. The van der Waals surface area contributed by atoms with Gasteiger partial charge in [-0.3, -0.25) is 0 Å². The zero-order chi connectivity index (χ0) is 12.3. The van der Waals surface area contributed by atoms with Crippen molar-refractivity contribution in [2.45, 2.75) is 19.8 Å². The first-order valence-corrected chi connectivity index (χ1v) is 5.57. The highest BCUT2D eigenvalue weighted by molar-refractivity contribution is 5.41. The maximum atomic E-state index is 5.78. The van der Waals surface area contributed by atoms with E-state index in [-0.39, 0.29) is 5.95 Å². The quantitative estimate of drug-likeness (QED) is 0.838. The highest BCUT2D eigenvalue weighted by Crippen LogP contribution is 2.12. The van der Waals surface area contributed by atoms with E-state index in [0.717, 1.165) is 18.4 Å². The monoisotopic (exact) mass is 228 g/mol. The van der Waals surface area contributed by atoms with Crippen LogP contribution in [-0.2, 0) is 12.8 Å². The van der Waals surface area contributed by atoms with E-state index < -0.39 is 0 Å². The molecule has 0 saturated heterocycles. The van der Waals surface area contributed by atoms with Crippen LogP contribution >= 0.6 is 0 Å². The van der Waals surface area contributed by atoms with Crippen molar-refractivity contribution in [2.75, 3.05) is 11.5 Å². The first-order valence-electron chi connectivity index (χ1n) is 5.57. The average Bonchev–Trinajstić information content (AvgIpc) is 2.30. The SMILES string of the molecule is Cc1ccc(CCc2cnc(N)nc2N)cc1. The molecule has 0 atom stereocenters. The van der Waals surface area contributed by atoms with E-state index in [1.165, 1.54) is 11.1 Å². The average molecular weight is 228 g/mol. The van der Waals surface area contributed by atoms with Crippen LogP contribution in [0.25, 0.3) is 0 Å². The molecular formula is C13H16N4. The van der Waals surface area contributed by atoms with E-state index in [9.17, 15) is 0 Å². The van der Waals surface area contributed by atoms with Crippen molar-refractivity contribution in [3.63, 3.8) is 0 Å². The Morgan fingerprint density at radius 1 is 1.06 bits per heavy atom. The molecule has 0 bridgehead atoms. The van der Waals surface area contributed by atoms with Gasteiger partial charge in [-0.05, 0) is 25.3 Å². The normalized spacial score (nSPS) is 10.4. The number of nitrogens with zero attached hydrogens (tertiary/aromatic N) is 2. The van der Waals surface area contributed by atoms with Crippen molar-refractivity contribution in [1.82, 2.24) is 9.97 Å². The smallest absolute Gasteiger partial charge is 0.221 e. The molecular weight excluding hydrogens is 212 g/mol. The summed E-state index contributed by atoms with van der Waals surface area (Å²) >= 11 is 0. The van der Waals surface area contributed by atoms with E-state index in [0.29, 0.717) is 5.82 Å². The fourth-order valence-electron chi connectivity index (χ4n) is 1.66. The Kier molecular flexibility index (Phi) is 3.23. The van der Waals surface area contributed by atoms with Crippen LogP contribution in [0, 0.1) is 6.92 Å². The first-order chi connectivity index (χ1) is 8.15. The minimum Gasteiger partial charge on any atom is -0.383 e. The highest BCUT2D eigenvalue weighted by atomic mass is 15.0. The van der Waals surface area contributed by atoms with Gasteiger partial charge in [0.2, 0.25) is 5.95 Å². The molecule has 0 radical (unpaired) electrons. The topological polar surface area (TPSA) is 77.8 Å². The van der Waals surface area contributed by atoms with E-state index in [4.69, 9.17) is 11.5 Å². The fourth-order valence-corrected chi connectivity index (χ4v) is 1.66. The van der Waals surface area contributed by atoms with Gasteiger partial charge in [-0.25, -0.2) is 4.98 Å². The summed E-state index contributed by atoms with van der Waals surface area (Å²) in [5.41, 5.74) is 14.7. The number of nitrogens with two attached hydrogens (primary N) is 2. The van der Waals surface area contributed by atoms with Crippen molar-refractivity contribution < 1.29 is 0 Å². The van der Waals surface area contributed by atoms with E-state index >= 15 is 0 Å². The van der Waals surface area contributed by atoms with Gasteiger partial charge in [-0.15, -0.1) is 0 Å². The second-order valence-corrected chi connectivity index (χ2v) is 4.12. The Labute approximate surface area is 101 Å². The zero-order valence-corrected chi connectivity index (χ0v) is 9.85. The molecule has 0 saturated carbocycles. The number of aryl methyl sites for hydroxylation is 3. The van der Waals surface area contributed by atoms with Crippen LogP contribution in [0.2, 0.25) is 0 Å². The van der Waals surface area contributed by atoms with Crippen molar-refractivity contribution in [1.29, 1.82) is 0 Å². The molecule has 4 nitrogen and oxygen atoms in total. The summed E-state index contributed by atoms with van der Waals surface area (Å²) in [5, 5.41) is 0. The molecule has 4 heteroatoms. The van der Waals surface area contributed by atoms with Crippen LogP contribution in [0.4, 0.5) is 11.8 Å². The molecule has 0 unspecified atom stereocenters. The van der Waals surface area contributed by atoms with Gasteiger partial charge in [0.05, 0.1) is 0 Å². The van der Waals surface area contributed by atoms with Crippen LogP contribution < -0.4 is 11.5 Å². The molecule has 1 aromatic heterocycles. The predicted molar refractivity (Wildman–Crippen MR) is 69.4 cm³/mol. The van der Waals surface area contributed by atoms with Gasteiger partial charge in [-0.2, -0.15) is 4.98 Å². The lowest BCUT2D eigenvalue weighted by molar-refractivity contribution is 0.940. The van der Waals surface area contributed by atoms with Crippen molar-refractivity contribution in [3.8, 4) is 0 Å². The van der Waals surface area contributed by atoms with Crippen molar-refractivity contribution in [3.05, 3.63) is 47.2 Å². The van der Waals surface area contributed by atoms with Gasteiger partial charge in [0.1, 0.15) is 5.82 Å². The van der Waals surface area contributed by atoms with Gasteiger partial charge in [-0.1, -0.05) is 29.8 Å². The number of rotatable bonds is 3. The van der Waals surface area contributed by atoms with Crippen LogP contribution in [0.5, 0.6) is 0 Å². The minimum atomic E-state index is 0.224. The van der Waals surface area contributed by atoms with Gasteiger partial charge in [0.25, 0.3) is 0 Å². The van der Waals surface area contributed by atoms with Crippen LogP contribution in [-0.4, -0.2) is 9.97 Å². The van der Waals surface area contributed by atoms with Crippen LogP contribution in [0.15, 0.2) is 30.5 Å². The molecule has 88 valence electrons. The summed E-state index contributed by atoms with van der Waals surface area (Å²) in [4.78, 5) is 7.90. The fraction of sp³-hybridized carbons (Fsp3) is 0.231. The summed E-state index contributed by atoms with van der Waals surface area (Å²) in [6, 6.07) is 8.48. The maximum absolute atomic E-state index is 5.78. The lowest BCUT2D eigenvalue weighted by atomic mass is 10.0. The number of anilines is 2.